The number of likely N-dealkylation sites (tertiary alicyclic amines) is 1. The lowest BCUT2D eigenvalue weighted by Gasteiger charge is -2.34. The van der Waals surface area contributed by atoms with Crippen molar-refractivity contribution in [1.82, 2.24) is 4.90 Å². The summed E-state index contributed by atoms with van der Waals surface area (Å²) in [7, 11) is 0. The molecule has 0 unspecified atom stereocenters. The second-order valence-corrected chi connectivity index (χ2v) is 11.3. The van der Waals surface area contributed by atoms with Crippen molar-refractivity contribution in [2.45, 2.75) is 58.0 Å². The van der Waals surface area contributed by atoms with E-state index >= 15 is 0 Å². The van der Waals surface area contributed by atoms with Crippen molar-refractivity contribution in [2.75, 3.05) is 30.3 Å². The largest absolute Gasteiger partial charge is 0.478 e. The fourth-order valence-corrected chi connectivity index (χ4v) is 5.55. The summed E-state index contributed by atoms with van der Waals surface area (Å²) >= 11 is 0. The van der Waals surface area contributed by atoms with Crippen molar-refractivity contribution >= 4 is 46.8 Å². The average Bonchev–Trinajstić information content (AvgIpc) is 3.60. The number of nitrogen functional groups attached to an aromatic ring is 1. The number of hydrogen-bond acceptors (Lipinski definition) is 9. The van der Waals surface area contributed by atoms with Crippen molar-refractivity contribution in [3.63, 3.8) is 0 Å². The Morgan fingerprint density at radius 3 is 2.49 bits per heavy atom. The van der Waals surface area contributed by atoms with Crippen molar-refractivity contribution < 1.29 is 43.3 Å². The minimum absolute atomic E-state index is 0.00107. The Morgan fingerprint density at radius 2 is 1.82 bits per heavy atom. The molecule has 0 aliphatic carbocycles. The van der Waals surface area contributed by atoms with E-state index in [1.165, 1.54) is 15.9 Å². The predicted octanol–water partition coefficient (Wildman–Crippen LogP) is 4.16. The van der Waals surface area contributed by atoms with Gasteiger partial charge in [-0.2, -0.15) is 0 Å². The Morgan fingerprint density at radius 1 is 1.06 bits per heavy atom. The summed E-state index contributed by atoms with van der Waals surface area (Å²) in [6, 6.07) is 20.2. The molecule has 3 aromatic rings. The van der Waals surface area contributed by atoms with Gasteiger partial charge in [0.15, 0.2) is 11.8 Å². The third-order valence-corrected chi connectivity index (χ3v) is 7.95. The number of carboxylic acid groups (broad SMARTS) is 1. The average molecular weight is 671 g/mol. The summed E-state index contributed by atoms with van der Waals surface area (Å²) in [4.78, 5) is 68.4. The number of hydrogen-bond donors (Lipinski definition) is 2. The van der Waals surface area contributed by atoms with Crippen LogP contribution in [0.25, 0.3) is 4.85 Å². The van der Waals surface area contributed by atoms with E-state index < -0.39 is 42.1 Å². The highest BCUT2D eigenvalue weighted by atomic mass is 16.6. The highest BCUT2D eigenvalue weighted by Gasteiger charge is 2.43. The number of rotatable bonds is 9. The molecule has 3 N–H and O–H groups in total. The van der Waals surface area contributed by atoms with Crippen LogP contribution >= 0.6 is 0 Å². The number of morpholine rings is 1. The highest BCUT2D eigenvalue weighted by molar-refractivity contribution is 6.02. The van der Waals surface area contributed by atoms with Crippen molar-refractivity contribution in [1.29, 1.82) is 0 Å². The number of aliphatic carboxylic acids is 1. The first kappa shape index (κ1) is 36.1. The molecule has 2 amide bonds. The Bertz CT molecular complexity index is 1720. The van der Waals surface area contributed by atoms with E-state index in [1.807, 2.05) is 43.3 Å². The second kappa shape index (κ2) is 16.9. The minimum Gasteiger partial charge on any atom is -0.478 e. The molecule has 49 heavy (non-hydrogen) atoms. The number of amides is 2. The number of carboxylic acids is 1. The first-order valence-electron chi connectivity index (χ1n) is 15.7. The molecule has 13 heteroatoms. The lowest BCUT2D eigenvalue weighted by atomic mass is 10.1. The molecule has 2 aliphatic rings. The summed E-state index contributed by atoms with van der Waals surface area (Å²) < 4.78 is 15.6. The van der Waals surface area contributed by atoms with Gasteiger partial charge in [-0.25, -0.2) is 14.4 Å². The van der Waals surface area contributed by atoms with Gasteiger partial charge in [0.25, 0.3) is 11.8 Å². The summed E-state index contributed by atoms with van der Waals surface area (Å²) in [5.41, 5.74) is 9.48. The number of aryl methyl sites for hydroxylation is 1. The number of nitrogens with two attached hydrogens (primary N) is 1. The normalized spacial score (nSPS) is 17.6. The lowest BCUT2D eigenvalue weighted by molar-refractivity contribution is -0.177. The topological polar surface area (TPSA) is 170 Å². The Labute approximate surface area is 284 Å². The molecule has 0 spiro atoms. The van der Waals surface area contributed by atoms with E-state index in [4.69, 9.17) is 26.5 Å². The van der Waals surface area contributed by atoms with Crippen LogP contribution in [0.2, 0.25) is 0 Å². The Hall–Kier alpha value is -5.74. The molecule has 0 radical (unpaired) electrons. The molecule has 3 atom stereocenters. The number of benzene rings is 3. The molecule has 2 saturated heterocycles. The molecule has 2 fully saturated rings. The number of esters is 2. The van der Waals surface area contributed by atoms with Gasteiger partial charge in [-0.1, -0.05) is 49.4 Å². The van der Waals surface area contributed by atoms with Gasteiger partial charge in [0.1, 0.15) is 12.6 Å². The third-order valence-electron chi connectivity index (χ3n) is 7.95. The van der Waals surface area contributed by atoms with Crippen molar-refractivity contribution in [3.8, 4) is 0 Å². The van der Waals surface area contributed by atoms with Crippen molar-refractivity contribution in [3.05, 3.63) is 101 Å². The zero-order valence-corrected chi connectivity index (χ0v) is 27.2. The standard InChI is InChI=1S/C27H28N2O9.C9H10N2/c1-17(30)38-23(26(33)34)22-25(32)28(13-14-36-22)20-10-5-9-19(15-20)24(31)29-12-6-11-21(29)27(35)37-16-18-7-3-2-4-8-18;1-3-7-6-8(10)4-5-9(7)11-2/h2-5,7-10,15,21-23H,6,11-14,16H2,1H3,(H,33,34);4-6H,3,10H2,1H3/t21-,22+,23+;/m0./s1. The first-order valence-corrected chi connectivity index (χ1v) is 15.7. The second-order valence-electron chi connectivity index (χ2n) is 11.3. The van der Waals surface area contributed by atoms with E-state index in [-0.39, 0.29) is 31.2 Å². The van der Waals surface area contributed by atoms with Crippen LogP contribution in [-0.2, 0) is 46.4 Å². The zero-order valence-electron chi connectivity index (χ0n) is 27.2. The van der Waals surface area contributed by atoms with Crippen LogP contribution in [0.5, 0.6) is 0 Å². The maximum atomic E-state index is 13.4. The molecule has 2 heterocycles. The van der Waals surface area contributed by atoms with E-state index in [0.717, 1.165) is 30.2 Å². The van der Waals surface area contributed by atoms with Crippen LogP contribution in [-0.4, -0.2) is 77.7 Å². The summed E-state index contributed by atoms with van der Waals surface area (Å²) in [5.74, 6) is -3.94. The number of anilines is 2. The van der Waals surface area contributed by atoms with E-state index in [2.05, 4.69) is 4.85 Å². The summed E-state index contributed by atoms with van der Waals surface area (Å²) in [6.45, 7) is 10.5. The Balaban J connectivity index is 0.000000418. The molecule has 0 aromatic heterocycles. The number of nitrogens with zero attached hydrogens (tertiary/aromatic N) is 3. The SMILES string of the molecule is CC(=O)O[C@@H](C(=O)O)[C@H]1OCCN(c2cccc(C(=O)N3CCC[C@H]3C(=O)OCc3ccccc3)c2)C1=O.[C-]#[N+]c1ccc(N)cc1CC. The van der Waals surface area contributed by atoms with Gasteiger partial charge in [-0.05, 0) is 60.7 Å². The quantitative estimate of drug-likeness (QED) is 0.191. The van der Waals surface area contributed by atoms with Crippen LogP contribution in [0.1, 0.15) is 48.2 Å². The molecule has 0 bridgehead atoms. The van der Waals surface area contributed by atoms with E-state index in [9.17, 15) is 29.1 Å². The van der Waals surface area contributed by atoms with E-state index in [0.29, 0.717) is 30.8 Å². The van der Waals surface area contributed by atoms with Gasteiger partial charge in [0.05, 0.1) is 13.2 Å². The van der Waals surface area contributed by atoms with Crippen molar-refractivity contribution in [2.24, 2.45) is 0 Å². The van der Waals surface area contributed by atoms with Crippen LogP contribution in [0.15, 0.2) is 72.8 Å². The van der Waals surface area contributed by atoms with Crippen LogP contribution in [0.4, 0.5) is 17.1 Å². The highest BCUT2D eigenvalue weighted by Crippen LogP contribution is 2.26. The fourth-order valence-electron chi connectivity index (χ4n) is 5.55. The monoisotopic (exact) mass is 670 g/mol. The maximum Gasteiger partial charge on any atom is 0.348 e. The van der Waals surface area contributed by atoms with Gasteiger partial charge >= 0.3 is 17.9 Å². The molecule has 2 aliphatic heterocycles. The van der Waals surface area contributed by atoms with Crippen LogP contribution in [0, 0.1) is 6.57 Å². The van der Waals surface area contributed by atoms with Gasteiger partial charge < -0.3 is 34.9 Å². The molecule has 256 valence electrons. The molecule has 13 nitrogen and oxygen atoms in total. The maximum absolute atomic E-state index is 13.4. The Kier molecular flexibility index (Phi) is 12.4. The molecule has 5 rings (SSSR count). The molecular weight excluding hydrogens is 632 g/mol. The smallest absolute Gasteiger partial charge is 0.348 e. The molecular formula is C36H38N4O9. The number of carbonyl (C=O) groups excluding carboxylic acids is 4. The first-order chi connectivity index (χ1) is 23.5. The number of carbonyl (C=O) groups is 5. The molecule has 0 saturated carbocycles. The van der Waals surface area contributed by atoms with Gasteiger partial charge in [-0.3, -0.25) is 14.4 Å². The van der Waals surface area contributed by atoms with Gasteiger partial charge in [-0.15, -0.1) is 0 Å². The summed E-state index contributed by atoms with van der Waals surface area (Å²) in [6.07, 6.45) is -1.35. The third kappa shape index (κ3) is 9.21. The minimum atomic E-state index is -1.81. The fraction of sp³-hybridized carbons (Fsp3) is 0.333. The zero-order chi connectivity index (χ0) is 35.5. The number of ether oxygens (including phenoxy) is 3. The summed E-state index contributed by atoms with van der Waals surface area (Å²) in [5, 5.41) is 9.44. The predicted molar refractivity (Wildman–Crippen MR) is 179 cm³/mol. The van der Waals surface area contributed by atoms with Gasteiger partial charge in [0.2, 0.25) is 6.10 Å². The lowest BCUT2D eigenvalue weighted by Crippen LogP contribution is -2.55. The van der Waals surface area contributed by atoms with Crippen LogP contribution < -0.4 is 10.6 Å². The van der Waals surface area contributed by atoms with Gasteiger partial charge in [0, 0.05) is 37.0 Å². The van der Waals surface area contributed by atoms with E-state index in [1.54, 1.807) is 30.3 Å². The molecule has 3 aromatic carbocycles. The van der Waals surface area contributed by atoms with Crippen LogP contribution in [0.3, 0.4) is 0 Å².